The normalized spacial score (nSPS) is 23.2. The number of nitrogens with one attached hydrogen (secondary N) is 1. The van der Waals surface area contributed by atoms with Crippen LogP contribution in [0.5, 0.6) is 0 Å². The molecule has 2 N–H and O–H groups in total. The highest BCUT2D eigenvalue weighted by Crippen LogP contribution is 2.44. The highest BCUT2D eigenvalue weighted by molar-refractivity contribution is 7.99. The molecule has 1 spiro atoms. The molecule has 0 bridgehead atoms. The van der Waals surface area contributed by atoms with E-state index in [-0.39, 0.29) is 35.8 Å². The predicted octanol–water partition coefficient (Wildman–Crippen LogP) is 4.18. The highest BCUT2D eigenvalue weighted by atomic mass is 35.5. The Morgan fingerprint density at radius 1 is 1.20 bits per heavy atom. The Bertz CT molecular complexity index is 1370. The second kappa shape index (κ2) is 13.2. The number of carbonyl (C=O) groups is 2. The number of halogens is 1. The van der Waals surface area contributed by atoms with E-state index in [9.17, 15) is 14.7 Å². The summed E-state index contributed by atoms with van der Waals surface area (Å²) in [5, 5.41) is 13.6. The third-order valence-corrected chi connectivity index (χ3v) is 9.95. The van der Waals surface area contributed by atoms with Gasteiger partial charge in [0.25, 0.3) is 0 Å². The molecule has 2 aromatic heterocycles. The van der Waals surface area contributed by atoms with E-state index >= 15 is 0 Å². The Hall–Kier alpha value is -2.87. The lowest BCUT2D eigenvalue weighted by atomic mass is 9.73. The van der Waals surface area contributed by atoms with E-state index in [1.165, 1.54) is 18.9 Å². The summed E-state index contributed by atoms with van der Waals surface area (Å²) in [6.07, 6.45) is 5.05. The minimum Gasteiger partial charge on any atom is -0.464 e. The van der Waals surface area contributed by atoms with Crippen LogP contribution in [0.1, 0.15) is 57.4 Å². The van der Waals surface area contributed by atoms with Gasteiger partial charge in [-0.25, -0.2) is 24.5 Å². The van der Waals surface area contributed by atoms with E-state index in [1.54, 1.807) is 18.5 Å². The Morgan fingerprint density at radius 3 is 2.61 bits per heavy atom. The van der Waals surface area contributed by atoms with Gasteiger partial charge in [0.05, 0.1) is 37.1 Å². The van der Waals surface area contributed by atoms with Gasteiger partial charge < -0.3 is 34.4 Å². The van der Waals surface area contributed by atoms with Crippen LogP contribution in [0, 0.1) is 11.3 Å². The van der Waals surface area contributed by atoms with Crippen molar-refractivity contribution in [2.75, 3.05) is 56.3 Å². The number of pyridine rings is 1. The molecule has 0 aromatic carbocycles. The fourth-order valence-corrected chi connectivity index (χ4v) is 7.31. The lowest BCUT2D eigenvalue weighted by molar-refractivity contribution is 0.0433. The standard InChI is InChI=1S/C30H41ClN6O6S/c1-18-24(35-28(40)43-29(2,3)4)30(17-42-18)8-12-36(13-9-30)26-23(27(39)41-5)34-21(14-33-26)44-20-6-10-32-25(22(20)31)37-11-7-19(15-37)16-38/h6,10,14,18-19,24,38H,7-9,11-13,15-17H2,1-5H3,(H,35,40)/t18-,19?,24+/m0/s1. The van der Waals surface area contributed by atoms with Crippen molar-refractivity contribution in [1.82, 2.24) is 20.3 Å². The summed E-state index contributed by atoms with van der Waals surface area (Å²) in [6.45, 7) is 10.8. The molecule has 14 heteroatoms. The number of hydrogen-bond donors (Lipinski definition) is 2. The molecule has 0 saturated carbocycles. The van der Waals surface area contributed by atoms with Gasteiger partial charge in [-0.3, -0.25) is 0 Å². The number of piperidine rings is 1. The van der Waals surface area contributed by atoms with Crippen molar-refractivity contribution in [2.24, 2.45) is 11.3 Å². The summed E-state index contributed by atoms with van der Waals surface area (Å²) in [5.74, 6) is 0.739. The topological polar surface area (TPSA) is 139 Å². The zero-order chi connectivity index (χ0) is 31.6. The van der Waals surface area contributed by atoms with Crippen molar-refractivity contribution < 1.29 is 28.9 Å². The fourth-order valence-electron chi connectivity index (χ4n) is 6.19. The number of carbonyl (C=O) groups excluding carboxylic acids is 2. The summed E-state index contributed by atoms with van der Waals surface area (Å²) in [4.78, 5) is 44.2. The molecule has 240 valence electrons. The molecule has 12 nitrogen and oxygen atoms in total. The third kappa shape index (κ3) is 7.00. The van der Waals surface area contributed by atoms with Crippen LogP contribution >= 0.6 is 23.4 Å². The number of aliphatic hydroxyl groups is 1. The number of nitrogens with zero attached hydrogens (tertiary/aromatic N) is 5. The third-order valence-electron chi connectivity index (χ3n) is 8.50. The molecular weight excluding hydrogens is 608 g/mol. The van der Waals surface area contributed by atoms with Crippen molar-refractivity contribution in [3.05, 3.63) is 29.2 Å². The van der Waals surface area contributed by atoms with Crippen LogP contribution in [0.25, 0.3) is 0 Å². The first-order valence-electron chi connectivity index (χ1n) is 14.9. The molecule has 2 aromatic rings. The molecule has 5 rings (SSSR count). The first kappa shape index (κ1) is 32.5. The van der Waals surface area contributed by atoms with Gasteiger partial charge in [0.15, 0.2) is 11.5 Å². The molecule has 5 heterocycles. The van der Waals surface area contributed by atoms with Crippen molar-refractivity contribution in [3.63, 3.8) is 0 Å². The molecule has 3 saturated heterocycles. The zero-order valence-corrected chi connectivity index (χ0v) is 27.4. The number of esters is 1. The maximum atomic E-state index is 12.9. The molecule has 3 aliphatic rings. The Kier molecular flexibility index (Phi) is 9.78. The minimum absolute atomic E-state index is 0.128. The van der Waals surface area contributed by atoms with Crippen LogP contribution in [0.2, 0.25) is 5.02 Å². The number of aliphatic hydroxyl groups excluding tert-OH is 1. The Morgan fingerprint density at radius 2 is 1.95 bits per heavy atom. The summed E-state index contributed by atoms with van der Waals surface area (Å²) >= 11 is 8.08. The molecule has 3 aliphatic heterocycles. The maximum absolute atomic E-state index is 12.9. The second-order valence-corrected chi connectivity index (χ2v) is 14.1. The van der Waals surface area contributed by atoms with Crippen LogP contribution in [-0.4, -0.2) is 96.4 Å². The van der Waals surface area contributed by atoms with Gasteiger partial charge in [-0.2, -0.15) is 0 Å². The van der Waals surface area contributed by atoms with Crippen molar-refractivity contribution in [1.29, 1.82) is 0 Å². The smallest absolute Gasteiger partial charge is 0.407 e. The zero-order valence-electron chi connectivity index (χ0n) is 25.8. The van der Waals surface area contributed by atoms with Gasteiger partial charge >= 0.3 is 12.1 Å². The molecule has 44 heavy (non-hydrogen) atoms. The van der Waals surface area contributed by atoms with E-state index in [0.717, 1.165) is 30.7 Å². The van der Waals surface area contributed by atoms with Gasteiger partial charge in [-0.15, -0.1) is 0 Å². The number of amides is 1. The average molecular weight is 649 g/mol. The lowest BCUT2D eigenvalue weighted by Crippen LogP contribution is -2.55. The van der Waals surface area contributed by atoms with Crippen LogP contribution in [0.3, 0.4) is 0 Å². The van der Waals surface area contributed by atoms with E-state index in [2.05, 4.69) is 25.2 Å². The fraction of sp³-hybridized carbons (Fsp3) is 0.633. The van der Waals surface area contributed by atoms with Crippen LogP contribution in [0.15, 0.2) is 28.4 Å². The van der Waals surface area contributed by atoms with E-state index in [4.69, 9.17) is 25.8 Å². The Balaban J connectivity index is 1.31. The largest absolute Gasteiger partial charge is 0.464 e. The van der Waals surface area contributed by atoms with Gasteiger partial charge in [-0.05, 0) is 53.0 Å². The first-order chi connectivity index (χ1) is 20.9. The van der Waals surface area contributed by atoms with Gasteiger partial charge in [-0.1, -0.05) is 23.4 Å². The van der Waals surface area contributed by atoms with E-state index < -0.39 is 17.7 Å². The molecule has 1 unspecified atom stereocenters. The van der Waals surface area contributed by atoms with Crippen molar-refractivity contribution in [3.8, 4) is 0 Å². The molecule has 3 fully saturated rings. The minimum atomic E-state index is -0.598. The summed E-state index contributed by atoms with van der Waals surface area (Å²) in [7, 11) is 1.32. The summed E-state index contributed by atoms with van der Waals surface area (Å²) in [6, 6.07) is 1.61. The number of hydrogen-bond acceptors (Lipinski definition) is 12. The van der Waals surface area contributed by atoms with E-state index in [0.29, 0.717) is 47.9 Å². The number of alkyl carbamates (subject to hydrolysis) is 1. The molecule has 1 amide bonds. The van der Waals surface area contributed by atoms with Gasteiger partial charge in [0, 0.05) is 55.2 Å². The van der Waals surface area contributed by atoms with Crippen LogP contribution in [-0.2, 0) is 14.2 Å². The van der Waals surface area contributed by atoms with Crippen molar-refractivity contribution in [2.45, 2.75) is 74.6 Å². The lowest BCUT2D eigenvalue weighted by Gasteiger charge is -2.43. The van der Waals surface area contributed by atoms with Gasteiger partial charge in [0.1, 0.15) is 16.4 Å². The number of methoxy groups -OCH3 is 1. The molecule has 0 aliphatic carbocycles. The summed E-state index contributed by atoms with van der Waals surface area (Å²) < 4.78 is 16.6. The average Bonchev–Trinajstić information content (AvgIpc) is 3.58. The monoisotopic (exact) mass is 648 g/mol. The second-order valence-electron chi connectivity index (χ2n) is 12.7. The molecule has 3 atom stereocenters. The molecular formula is C30H41ClN6O6S. The number of anilines is 2. The number of aromatic nitrogens is 3. The van der Waals surface area contributed by atoms with Crippen LogP contribution < -0.4 is 15.1 Å². The summed E-state index contributed by atoms with van der Waals surface area (Å²) in [5.41, 5.74) is -0.729. The van der Waals surface area contributed by atoms with E-state index in [1.807, 2.05) is 32.6 Å². The maximum Gasteiger partial charge on any atom is 0.407 e. The van der Waals surface area contributed by atoms with Gasteiger partial charge in [0.2, 0.25) is 0 Å². The SMILES string of the molecule is COC(=O)c1nc(Sc2ccnc(N3CCC(CO)C3)c2Cl)cnc1N1CCC2(CC1)CO[C@@H](C)[C@H]2NC(=O)OC(C)(C)C. The highest BCUT2D eigenvalue weighted by Gasteiger charge is 2.51. The quantitative estimate of drug-likeness (QED) is 0.416. The van der Waals surface area contributed by atoms with Crippen LogP contribution in [0.4, 0.5) is 16.4 Å². The Labute approximate surface area is 267 Å². The molecule has 0 radical (unpaired) electrons. The first-order valence-corrected chi connectivity index (χ1v) is 16.1. The number of ether oxygens (including phenoxy) is 3. The predicted molar refractivity (Wildman–Crippen MR) is 167 cm³/mol. The van der Waals surface area contributed by atoms with Crippen molar-refractivity contribution >= 4 is 47.1 Å². The number of rotatable bonds is 7.